The van der Waals surface area contributed by atoms with Gasteiger partial charge in [0, 0.05) is 23.5 Å². The van der Waals surface area contributed by atoms with Crippen LogP contribution in [0.4, 0.5) is 0 Å². The summed E-state index contributed by atoms with van der Waals surface area (Å²) in [5.74, 6) is 0. The quantitative estimate of drug-likeness (QED) is 0.219. The first-order chi connectivity index (χ1) is 16.3. The Morgan fingerprint density at radius 1 is 0.455 bits per heavy atom. The van der Waals surface area contributed by atoms with Crippen LogP contribution in [0.1, 0.15) is 95.6 Å². The highest BCUT2D eigenvalue weighted by molar-refractivity contribution is 5.64. The van der Waals surface area contributed by atoms with Gasteiger partial charge in [-0.25, -0.2) is 0 Å². The van der Waals surface area contributed by atoms with Crippen molar-refractivity contribution in [1.82, 2.24) is 9.97 Å². The Morgan fingerprint density at radius 2 is 0.939 bits per heavy atom. The molecule has 33 heavy (non-hydrogen) atoms. The number of unbranched alkanes of at least 4 members (excludes halogenated alkanes) is 9. The summed E-state index contributed by atoms with van der Waals surface area (Å²) in [4.78, 5) is 9.41. The van der Waals surface area contributed by atoms with Crippen LogP contribution in [0.3, 0.4) is 0 Å². The van der Waals surface area contributed by atoms with E-state index in [9.17, 15) is 0 Å². The molecule has 0 aliphatic carbocycles. The van der Waals surface area contributed by atoms with Gasteiger partial charge in [-0.2, -0.15) is 0 Å². The molecule has 0 atom stereocenters. The first-order valence-electron chi connectivity index (χ1n) is 13.3. The highest BCUT2D eigenvalue weighted by Crippen LogP contribution is 2.23. The zero-order chi connectivity index (χ0) is 23.1. The third-order valence-corrected chi connectivity index (χ3v) is 6.52. The van der Waals surface area contributed by atoms with E-state index < -0.39 is 0 Å². The van der Waals surface area contributed by atoms with E-state index in [1.165, 1.54) is 93.7 Å². The second-order valence-electron chi connectivity index (χ2n) is 9.36. The number of aryl methyl sites for hydroxylation is 2. The first-order valence-corrected chi connectivity index (χ1v) is 13.3. The largest absolute Gasteiger partial charge is 0.256 e. The van der Waals surface area contributed by atoms with Crippen molar-refractivity contribution in [3.05, 3.63) is 72.1 Å². The summed E-state index contributed by atoms with van der Waals surface area (Å²) >= 11 is 0. The van der Waals surface area contributed by atoms with Crippen LogP contribution in [0.5, 0.6) is 0 Å². The first kappa shape index (κ1) is 25.1. The minimum Gasteiger partial charge on any atom is -0.256 e. The molecule has 0 unspecified atom stereocenters. The smallest absolute Gasteiger partial charge is 0.0717 e. The average molecular weight is 443 g/mol. The van der Waals surface area contributed by atoms with Crippen molar-refractivity contribution in [2.24, 2.45) is 0 Å². The molecule has 0 saturated heterocycles. The molecule has 0 aliphatic heterocycles. The van der Waals surface area contributed by atoms with E-state index in [1.807, 2.05) is 12.4 Å². The third-order valence-electron chi connectivity index (χ3n) is 6.52. The molecule has 2 nitrogen and oxygen atoms in total. The lowest BCUT2D eigenvalue weighted by atomic mass is 10.0. The molecule has 0 aliphatic rings. The van der Waals surface area contributed by atoms with Crippen molar-refractivity contribution in [1.29, 1.82) is 0 Å². The maximum atomic E-state index is 4.72. The molecule has 0 amide bonds. The van der Waals surface area contributed by atoms with Gasteiger partial charge in [-0.05, 0) is 55.0 Å². The van der Waals surface area contributed by atoms with Crippen molar-refractivity contribution in [3.63, 3.8) is 0 Å². The van der Waals surface area contributed by atoms with E-state index in [0.717, 1.165) is 23.4 Å². The van der Waals surface area contributed by atoms with Crippen LogP contribution in [0, 0.1) is 0 Å². The molecule has 2 heterocycles. The summed E-state index contributed by atoms with van der Waals surface area (Å²) in [5.41, 5.74) is 7.04. The molecule has 0 fully saturated rings. The van der Waals surface area contributed by atoms with Gasteiger partial charge in [0.05, 0.1) is 11.4 Å². The lowest BCUT2D eigenvalue weighted by Crippen LogP contribution is -1.91. The molecular formula is C31H42N2. The Kier molecular flexibility index (Phi) is 11.1. The maximum Gasteiger partial charge on any atom is 0.0717 e. The van der Waals surface area contributed by atoms with Crippen LogP contribution in [0.15, 0.2) is 60.9 Å². The summed E-state index contributed by atoms with van der Waals surface area (Å²) in [6, 6.07) is 17.6. The number of rotatable bonds is 15. The second-order valence-corrected chi connectivity index (χ2v) is 9.36. The van der Waals surface area contributed by atoms with Crippen LogP contribution in [0.25, 0.3) is 22.5 Å². The van der Waals surface area contributed by atoms with Crippen LogP contribution in [-0.2, 0) is 12.8 Å². The summed E-state index contributed by atoms with van der Waals surface area (Å²) < 4.78 is 0. The molecule has 0 spiro atoms. The SMILES string of the molecule is CCCCCCCCc1ccc(-c2ccc(-c3ccc(CCCCCCC)cn3)cn2)cc1. The van der Waals surface area contributed by atoms with Gasteiger partial charge in [0.2, 0.25) is 0 Å². The molecular weight excluding hydrogens is 400 g/mol. The average Bonchev–Trinajstić information content (AvgIpc) is 2.87. The van der Waals surface area contributed by atoms with E-state index in [1.54, 1.807) is 0 Å². The highest BCUT2D eigenvalue weighted by atomic mass is 14.7. The zero-order valence-electron chi connectivity index (χ0n) is 20.9. The fourth-order valence-corrected chi connectivity index (χ4v) is 4.34. The van der Waals surface area contributed by atoms with Crippen LogP contribution in [-0.4, -0.2) is 9.97 Å². The Hall–Kier alpha value is -2.48. The minimum absolute atomic E-state index is 0.998. The molecule has 0 bridgehead atoms. The number of hydrogen-bond donors (Lipinski definition) is 0. The topological polar surface area (TPSA) is 25.8 Å². The Morgan fingerprint density at radius 3 is 1.52 bits per heavy atom. The van der Waals surface area contributed by atoms with Crippen LogP contribution >= 0.6 is 0 Å². The molecule has 0 radical (unpaired) electrons. The lowest BCUT2D eigenvalue weighted by Gasteiger charge is -2.07. The van der Waals surface area contributed by atoms with Gasteiger partial charge in [-0.3, -0.25) is 9.97 Å². The summed E-state index contributed by atoms with van der Waals surface area (Å²) in [6.45, 7) is 4.53. The van der Waals surface area contributed by atoms with Crippen molar-refractivity contribution in [2.45, 2.75) is 97.3 Å². The third kappa shape index (κ3) is 8.76. The highest BCUT2D eigenvalue weighted by Gasteiger charge is 2.04. The fourth-order valence-electron chi connectivity index (χ4n) is 4.34. The van der Waals surface area contributed by atoms with E-state index >= 15 is 0 Å². The molecule has 1 aromatic carbocycles. The van der Waals surface area contributed by atoms with Crippen molar-refractivity contribution < 1.29 is 0 Å². The Bertz CT molecular complexity index is 895. The van der Waals surface area contributed by atoms with E-state index in [-0.39, 0.29) is 0 Å². The monoisotopic (exact) mass is 442 g/mol. The molecule has 2 heteroatoms. The van der Waals surface area contributed by atoms with Gasteiger partial charge < -0.3 is 0 Å². The second kappa shape index (κ2) is 14.6. The summed E-state index contributed by atoms with van der Waals surface area (Å²) in [5, 5.41) is 0. The van der Waals surface area contributed by atoms with Gasteiger partial charge in [0.15, 0.2) is 0 Å². The van der Waals surface area contributed by atoms with E-state index in [4.69, 9.17) is 4.98 Å². The Balaban J connectivity index is 1.48. The van der Waals surface area contributed by atoms with Gasteiger partial charge >= 0.3 is 0 Å². The van der Waals surface area contributed by atoms with Gasteiger partial charge in [-0.15, -0.1) is 0 Å². The number of pyridine rings is 2. The van der Waals surface area contributed by atoms with Crippen molar-refractivity contribution in [3.8, 4) is 22.5 Å². The number of nitrogens with zero attached hydrogens (tertiary/aromatic N) is 2. The predicted molar refractivity (Wildman–Crippen MR) is 142 cm³/mol. The molecule has 176 valence electrons. The number of benzene rings is 1. The van der Waals surface area contributed by atoms with Crippen molar-refractivity contribution >= 4 is 0 Å². The van der Waals surface area contributed by atoms with Gasteiger partial charge in [0.1, 0.15) is 0 Å². The molecule has 3 rings (SSSR count). The molecule has 0 saturated carbocycles. The van der Waals surface area contributed by atoms with E-state index in [0.29, 0.717) is 0 Å². The maximum absolute atomic E-state index is 4.72. The van der Waals surface area contributed by atoms with Gasteiger partial charge in [0.25, 0.3) is 0 Å². The molecule has 2 aromatic heterocycles. The lowest BCUT2D eigenvalue weighted by molar-refractivity contribution is 0.607. The predicted octanol–water partition coefficient (Wildman–Crippen LogP) is 9.23. The molecule has 3 aromatic rings. The van der Waals surface area contributed by atoms with Crippen molar-refractivity contribution in [2.75, 3.05) is 0 Å². The van der Waals surface area contributed by atoms with Crippen LogP contribution in [0.2, 0.25) is 0 Å². The normalized spacial score (nSPS) is 11.1. The zero-order valence-corrected chi connectivity index (χ0v) is 20.9. The number of aromatic nitrogens is 2. The van der Waals surface area contributed by atoms with Gasteiger partial charge in [-0.1, -0.05) is 102 Å². The summed E-state index contributed by atoms with van der Waals surface area (Å²) in [7, 11) is 0. The standard InChI is InChI=1S/C31H42N2/c1-3-5-7-9-11-12-14-26-16-19-28(20-17-26)30-23-21-29(25-33-30)31-22-18-27(24-32-31)15-13-10-8-6-4-2/h16-25H,3-15H2,1-2H3. The van der Waals surface area contributed by atoms with Crippen LogP contribution < -0.4 is 0 Å². The molecule has 0 N–H and O–H groups in total. The van der Waals surface area contributed by atoms with E-state index in [2.05, 4.69) is 67.4 Å². The summed E-state index contributed by atoms with van der Waals surface area (Å²) in [6.07, 6.45) is 21.0. The number of hydrogen-bond acceptors (Lipinski definition) is 2. The minimum atomic E-state index is 0.998. The fraction of sp³-hybridized carbons (Fsp3) is 0.484. The Labute approximate surface area is 201 Å².